The number of halogens is 1. The SMILES string of the molecule is COc1cc(Cl)ccc1C(=O)N(C)C1C2CCOC2C1(C)C. The van der Waals surface area contributed by atoms with Crippen molar-refractivity contribution in [2.45, 2.75) is 32.4 Å². The average molecular weight is 324 g/mol. The number of hydrogen-bond acceptors (Lipinski definition) is 3. The maximum Gasteiger partial charge on any atom is 0.257 e. The third-order valence-electron chi connectivity index (χ3n) is 5.17. The summed E-state index contributed by atoms with van der Waals surface area (Å²) in [5, 5.41) is 0.560. The summed E-state index contributed by atoms with van der Waals surface area (Å²) in [6.07, 6.45) is 1.29. The van der Waals surface area contributed by atoms with Crippen LogP contribution in [0.3, 0.4) is 0 Å². The number of methoxy groups -OCH3 is 1. The van der Waals surface area contributed by atoms with Gasteiger partial charge in [-0.05, 0) is 24.6 Å². The molecule has 3 rings (SSSR count). The molecule has 4 nitrogen and oxygen atoms in total. The molecular weight excluding hydrogens is 302 g/mol. The summed E-state index contributed by atoms with van der Waals surface area (Å²) in [6.45, 7) is 5.14. The van der Waals surface area contributed by atoms with Crippen LogP contribution < -0.4 is 4.74 Å². The van der Waals surface area contributed by atoms with Crippen molar-refractivity contribution in [1.29, 1.82) is 0 Å². The van der Waals surface area contributed by atoms with Crippen LogP contribution in [0, 0.1) is 11.3 Å². The number of rotatable bonds is 3. The second-order valence-electron chi connectivity index (χ2n) is 6.77. The summed E-state index contributed by atoms with van der Waals surface area (Å²) in [7, 11) is 3.42. The predicted octanol–water partition coefficient (Wildman–Crippen LogP) is 3.23. The minimum absolute atomic E-state index is 0.0226. The van der Waals surface area contributed by atoms with Crippen LogP contribution in [0.4, 0.5) is 0 Å². The Hall–Kier alpha value is -1.26. The molecule has 1 amide bonds. The topological polar surface area (TPSA) is 38.8 Å². The Morgan fingerprint density at radius 2 is 2.18 bits per heavy atom. The molecule has 0 spiro atoms. The zero-order chi connectivity index (χ0) is 16.1. The molecule has 1 aliphatic carbocycles. The van der Waals surface area contributed by atoms with E-state index in [1.807, 2.05) is 11.9 Å². The Morgan fingerprint density at radius 1 is 1.45 bits per heavy atom. The first-order valence-electron chi connectivity index (χ1n) is 7.60. The van der Waals surface area contributed by atoms with Crippen molar-refractivity contribution in [3.05, 3.63) is 28.8 Å². The molecule has 1 aromatic carbocycles. The number of ether oxygens (including phenoxy) is 2. The normalized spacial score (nSPS) is 28.7. The first-order chi connectivity index (χ1) is 10.4. The van der Waals surface area contributed by atoms with Crippen molar-refractivity contribution in [3.63, 3.8) is 0 Å². The van der Waals surface area contributed by atoms with E-state index in [9.17, 15) is 4.79 Å². The zero-order valence-electron chi connectivity index (χ0n) is 13.4. The lowest BCUT2D eigenvalue weighted by molar-refractivity contribution is -0.139. The van der Waals surface area contributed by atoms with Gasteiger partial charge in [0.25, 0.3) is 5.91 Å². The van der Waals surface area contributed by atoms with Gasteiger partial charge in [0.15, 0.2) is 0 Å². The summed E-state index contributed by atoms with van der Waals surface area (Å²) >= 11 is 5.98. The van der Waals surface area contributed by atoms with E-state index in [-0.39, 0.29) is 23.5 Å². The summed E-state index contributed by atoms with van der Waals surface area (Å²) < 4.78 is 11.1. The number of carbonyl (C=O) groups is 1. The highest BCUT2D eigenvalue weighted by atomic mass is 35.5. The van der Waals surface area contributed by atoms with Crippen molar-refractivity contribution in [1.82, 2.24) is 4.90 Å². The maximum absolute atomic E-state index is 12.9. The predicted molar refractivity (Wildman–Crippen MR) is 85.5 cm³/mol. The molecule has 1 aliphatic heterocycles. The van der Waals surface area contributed by atoms with Gasteiger partial charge in [0.2, 0.25) is 0 Å². The van der Waals surface area contributed by atoms with E-state index in [0.29, 0.717) is 22.3 Å². The summed E-state index contributed by atoms with van der Waals surface area (Å²) in [6, 6.07) is 5.32. The van der Waals surface area contributed by atoms with Crippen LogP contribution in [0.25, 0.3) is 0 Å². The van der Waals surface area contributed by atoms with Gasteiger partial charge in [0.05, 0.1) is 18.8 Å². The molecule has 2 aliphatic rings. The minimum atomic E-state index is -0.0306. The standard InChI is InChI=1S/C17H22ClNO3/c1-17(2)14(12-7-8-22-15(12)17)19(3)16(20)11-6-5-10(18)9-13(11)21-4/h5-6,9,12,14-15H,7-8H2,1-4H3. The van der Waals surface area contributed by atoms with E-state index >= 15 is 0 Å². The molecule has 5 heteroatoms. The van der Waals surface area contributed by atoms with Crippen molar-refractivity contribution in [2.24, 2.45) is 11.3 Å². The van der Waals surface area contributed by atoms with E-state index in [0.717, 1.165) is 13.0 Å². The molecule has 1 saturated carbocycles. The largest absolute Gasteiger partial charge is 0.496 e. The van der Waals surface area contributed by atoms with Crippen LogP contribution in [0.2, 0.25) is 5.02 Å². The number of amides is 1. The second-order valence-corrected chi connectivity index (χ2v) is 7.21. The minimum Gasteiger partial charge on any atom is -0.496 e. The Bertz CT molecular complexity index is 602. The third kappa shape index (κ3) is 2.20. The first kappa shape index (κ1) is 15.6. The van der Waals surface area contributed by atoms with Gasteiger partial charge in [-0.15, -0.1) is 0 Å². The van der Waals surface area contributed by atoms with Crippen LogP contribution >= 0.6 is 11.6 Å². The highest BCUT2D eigenvalue weighted by molar-refractivity contribution is 6.30. The molecule has 0 N–H and O–H groups in total. The zero-order valence-corrected chi connectivity index (χ0v) is 14.2. The fraction of sp³-hybridized carbons (Fsp3) is 0.588. The van der Waals surface area contributed by atoms with Crippen LogP contribution in [-0.2, 0) is 4.74 Å². The smallest absolute Gasteiger partial charge is 0.257 e. The van der Waals surface area contributed by atoms with Gasteiger partial charge < -0.3 is 14.4 Å². The van der Waals surface area contributed by atoms with Crippen LogP contribution in [0.15, 0.2) is 18.2 Å². The van der Waals surface area contributed by atoms with Crippen molar-refractivity contribution < 1.29 is 14.3 Å². The molecule has 1 saturated heterocycles. The first-order valence-corrected chi connectivity index (χ1v) is 7.98. The molecule has 120 valence electrons. The highest BCUT2D eigenvalue weighted by Gasteiger charge is 2.61. The fourth-order valence-electron chi connectivity index (χ4n) is 4.24. The van der Waals surface area contributed by atoms with Gasteiger partial charge >= 0.3 is 0 Å². The Morgan fingerprint density at radius 3 is 2.86 bits per heavy atom. The maximum atomic E-state index is 12.9. The molecular formula is C17H22ClNO3. The van der Waals surface area contributed by atoms with Crippen molar-refractivity contribution in [3.8, 4) is 5.75 Å². The average Bonchev–Trinajstić information content (AvgIpc) is 2.92. The second kappa shape index (κ2) is 5.43. The summed E-state index contributed by atoms with van der Waals surface area (Å²) in [4.78, 5) is 14.8. The van der Waals surface area contributed by atoms with Gasteiger partial charge in [-0.3, -0.25) is 4.79 Å². The molecule has 0 aromatic heterocycles. The van der Waals surface area contributed by atoms with Gasteiger partial charge in [-0.1, -0.05) is 25.4 Å². The molecule has 22 heavy (non-hydrogen) atoms. The fourth-order valence-corrected chi connectivity index (χ4v) is 4.40. The Labute approximate surface area is 136 Å². The van der Waals surface area contributed by atoms with E-state index in [4.69, 9.17) is 21.1 Å². The van der Waals surface area contributed by atoms with E-state index in [1.54, 1.807) is 25.3 Å². The molecule has 0 radical (unpaired) electrons. The number of nitrogens with zero attached hydrogens (tertiary/aromatic N) is 1. The molecule has 2 fully saturated rings. The van der Waals surface area contributed by atoms with Gasteiger partial charge in [0.1, 0.15) is 5.75 Å². The third-order valence-corrected chi connectivity index (χ3v) is 5.41. The van der Waals surface area contributed by atoms with Gasteiger partial charge in [0, 0.05) is 36.1 Å². The lowest BCUT2D eigenvalue weighted by atomic mass is 9.56. The van der Waals surface area contributed by atoms with Crippen LogP contribution in [0.1, 0.15) is 30.6 Å². The monoisotopic (exact) mass is 323 g/mol. The van der Waals surface area contributed by atoms with Gasteiger partial charge in [-0.25, -0.2) is 0 Å². The van der Waals surface area contributed by atoms with Crippen molar-refractivity contribution in [2.75, 3.05) is 20.8 Å². The number of carbonyl (C=O) groups excluding carboxylic acids is 1. The molecule has 3 atom stereocenters. The summed E-state index contributed by atoms with van der Waals surface area (Å²) in [5.74, 6) is 0.917. The number of benzene rings is 1. The number of fused-ring (bicyclic) bond motifs is 1. The lowest BCUT2D eigenvalue weighted by Gasteiger charge is -2.57. The number of hydrogen-bond donors (Lipinski definition) is 0. The molecule has 1 heterocycles. The Balaban J connectivity index is 1.86. The van der Waals surface area contributed by atoms with Crippen LogP contribution in [0.5, 0.6) is 5.75 Å². The van der Waals surface area contributed by atoms with Crippen LogP contribution in [-0.4, -0.2) is 43.7 Å². The summed E-state index contributed by atoms with van der Waals surface area (Å²) in [5.41, 5.74) is 0.526. The molecule has 1 aromatic rings. The quantitative estimate of drug-likeness (QED) is 0.857. The van der Waals surface area contributed by atoms with E-state index in [1.165, 1.54) is 0 Å². The van der Waals surface area contributed by atoms with Crippen molar-refractivity contribution >= 4 is 17.5 Å². The molecule has 3 unspecified atom stereocenters. The highest BCUT2D eigenvalue weighted by Crippen LogP contribution is 2.54. The lowest BCUT2D eigenvalue weighted by Crippen LogP contribution is -2.66. The molecule has 0 bridgehead atoms. The van der Waals surface area contributed by atoms with Gasteiger partial charge in [-0.2, -0.15) is 0 Å². The van der Waals surface area contributed by atoms with E-state index in [2.05, 4.69) is 13.8 Å². The van der Waals surface area contributed by atoms with E-state index < -0.39 is 0 Å². The Kier molecular flexibility index (Phi) is 3.86.